The number of fused-ring (bicyclic) bond motifs is 1. The van der Waals surface area contributed by atoms with E-state index in [0.29, 0.717) is 6.42 Å². The lowest BCUT2D eigenvalue weighted by molar-refractivity contribution is -0.117. The van der Waals surface area contributed by atoms with Gasteiger partial charge in [-0.3, -0.25) is 4.79 Å². The molecular formula is C10H11BrN2O. The summed E-state index contributed by atoms with van der Waals surface area (Å²) in [5.74, 6) is -0.0916. The van der Waals surface area contributed by atoms with Gasteiger partial charge in [0.2, 0.25) is 5.91 Å². The topological polar surface area (TPSA) is 55.1 Å². The van der Waals surface area contributed by atoms with E-state index >= 15 is 0 Å². The number of rotatable bonds is 0. The first kappa shape index (κ1) is 9.68. The van der Waals surface area contributed by atoms with Crippen LogP contribution < -0.4 is 11.1 Å². The van der Waals surface area contributed by atoms with Gasteiger partial charge in [0, 0.05) is 10.2 Å². The van der Waals surface area contributed by atoms with Gasteiger partial charge in [-0.2, -0.15) is 0 Å². The van der Waals surface area contributed by atoms with Crippen molar-refractivity contribution in [2.45, 2.75) is 18.9 Å². The first-order valence-corrected chi connectivity index (χ1v) is 5.31. The highest BCUT2D eigenvalue weighted by Crippen LogP contribution is 2.24. The largest absolute Gasteiger partial charge is 0.324 e. The first-order valence-electron chi connectivity index (χ1n) is 4.51. The number of aryl methyl sites for hydroxylation is 1. The maximum atomic E-state index is 11.4. The molecule has 1 aliphatic rings. The Labute approximate surface area is 90.8 Å². The second-order valence-corrected chi connectivity index (χ2v) is 4.35. The predicted octanol–water partition coefficient (Wildman–Crippen LogP) is 1.66. The van der Waals surface area contributed by atoms with Crippen molar-refractivity contribution in [3.8, 4) is 0 Å². The number of anilines is 1. The van der Waals surface area contributed by atoms with Crippen molar-refractivity contribution >= 4 is 27.5 Å². The highest BCUT2D eigenvalue weighted by Gasteiger charge is 2.19. The van der Waals surface area contributed by atoms with Crippen molar-refractivity contribution in [2.75, 3.05) is 5.32 Å². The third-order valence-electron chi connectivity index (χ3n) is 2.39. The molecular weight excluding hydrogens is 244 g/mol. The number of nitrogens with two attached hydrogens (primary N) is 1. The average Bonchev–Trinajstić information content (AvgIpc) is 2.29. The second kappa shape index (κ2) is 3.71. The van der Waals surface area contributed by atoms with Crippen LogP contribution in [0.4, 0.5) is 5.69 Å². The Hall–Kier alpha value is -0.870. The Balaban J connectivity index is 2.37. The van der Waals surface area contributed by atoms with Crippen LogP contribution in [-0.2, 0) is 11.2 Å². The fraction of sp³-hybridized carbons (Fsp3) is 0.300. The highest BCUT2D eigenvalue weighted by atomic mass is 79.9. The first-order chi connectivity index (χ1) is 6.66. The van der Waals surface area contributed by atoms with Gasteiger partial charge in [-0.1, -0.05) is 15.9 Å². The molecule has 0 aliphatic carbocycles. The third kappa shape index (κ3) is 1.81. The van der Waals surface area contributed by atoms with E-state index in [2.05, 4.69) is 21.2 Å². The summed E-state index contributed by atoms with van der Waals surface area (Å²) in [6.07, 6.45) is 1.55. The number of hydrogen-bond donors (Lipinski definition) is 2. The van der Waals surface area contributed by atoms with E-state index in [1.165, 1.54) is 0 Å². The van der Waals surface area contributed by atoms with Gasteiger partial charge in [0.05, 0.1) is 6.04 Å². The molecule has 1 aromatic carbocycles. The number of carbonyl (C=O) groups is 1. The van der Waals surface area contributed by atoms with Crippen LogP contribution in [-0.4, -0.2) is 11.9 Å². The minimum atomic E-state index is -0.388. The van der Waals surface area contributed by atoms with Crippen LogP contribution in [0.2, 0.25) is 0 Å². The molecule has 3 N–H and O–H groups in total. The molecule has 1 amide bonds. The molecule has 1 aromatic rings. The molecule has 0 aromatic heterocycles. The lowest BCUT2D eigenvalue weighted by Crippen LogP contribution is -2.34. The van der Waals surface area contributed by atoms with Crippen molar-refractivity contribution in [1.29, 1.82) is 0 Å². The van der Waals surface area contributed by atoms with Gasteiger partial charge in [-0.25, -0.2) is 0 Å². The van der Waals surface area contributed by atoms with Crippen LogP contribution in [0.1, 0.15) is 12.0 Å². The number of amides is 1. The van der Waals surface area contributed by atoms with Crippen molar-refractivity contribution in [3.63, 3.8) is 0 Å². The van der Waals surface area contributed by atoms with Crippen LogP contribution >= 0.6 is 15.9 Å². The Morgan fingerprint density at radius 2 is 2.29 bits per heavy atom. The molecule has 3 nitrogen and oxygen atoms in total. The maximum Gasteiger partial charge on any atom is 0.241 e. The van der Waals surface area contributed by atoms with Crippen molar-refractivity contribution in [3.05, 3.63) is 28.2 Å². The zero-order valence-electron chi connectivity index (χ0n) is 7.59. The molecule has 1 heterocycles. The summed E-state index contributed by atoms with van der Waals surface area (Å²) >= 11 is 3.40. The van der Waals surface area contributed by atoms with Gasteiger partial charge < -0.3 is 11.1 Å². The van der Waals surface area contributed by atoms with Gasteiger partial charge in [0.1, 0.15) is 0 Å². The van der Waals surface area contributed by atoms with E-state index in [4.69, 9.17) is 5.73 Å². The summed E-state index contributed by atoms with van der Waals surface area (Å²) < 4.78 is 1.03. The number of halogens is 1. The lowest BCUT2D eigenvalue weighted by atomic mass is 10.1. The third-order valence-corrected chi connectivity index (χ3v) is 2.88. The van der Waals surface area contributed by atoms with E-state index in [9.17, 15) is 4.79 Å². The van der Waals surface area contributed by atoms with Crippen molar-refractivity contribution in [2.24, 2.45) is 5.73 Å². The normalized spacial score (nSPS) is 21.0. The number of nitrogens with one attached hydrogen (secondary N) is 1. The molecule has 2 rings (SSSR count). The number of benzene rings is 1. The molecule has 0 spiro atoms. The summed E-state index contributed by atoms with van der Waals surface area (Å²) in [7, 11) is 0. The van der Waals surface area contributed by atoms with E-state index in [1.807, 2.05) is 18.2 Å². The van der Waals surface area contributed by atoms with Crippen molar-refractivity contribution in [1.82, 2.24) is 0 Å². The molecule has 1 aliphatic heterocycles. The highest BCUT2D eigenvalue weighted by molar-refractivity contribution is 9.10. The zero-order chi connectivity index (χ0) is 10.1. The Bertz CT molecular complexity index is 378. The molecule has 14 heavy (non-hydrogen) atoms. The maximum absolute atomic E-state index is 11.4. The lowest BCUT2D eigenvalue weighted by Gasteiger charge is -2.07. The van der Waals surface area contributed by atoms with Crippen LogP contribution in [0.25, 0.3) is 0 Å². The van der Waals surface area contributed by atoms with Crippen LogP contribution in [0.15, 0.2) is 22.7 Å². The van der Waals surface area contributed by atoms with Gasteiger partial charge >= 0.3 is 0 Å². The quantitative estimate of drug-likeness (QED) is 0.740. The van der Waals surface area contributed by atoms with Crippen LogP contribution in [0.3, 0.4) is 0 Å². The predicted molar refractivity (Wildman–Crippen MR) is 59.1 cm³/mol. The minimum absolute atomic E-state index is 0.0916. The molecule has 0 radical (unpaired) electrons. The monoisotopic (exact) mass is 254 g/mol. The molecule has 74 valence electrons. The zero-order valence-corrected chi connectivity index (χ0v) is 9.17. The number of hydrogen-bond acceptors (Lipinski definition) is 2. The molecule has 0 unspecified atom stereocenters. The fourth-order valence-corrected chi connectivity index (χ4v) is 1.97. The smallest absolute Gasteiger partial charge is 0.241 e. The Morgan fingerprint density at radius 1 is 1.50 bits per heavy atom. The Kier molecular flexibility index (Phi) is 2.56. The molecule has 0 saturated carbocycles. The average molecular weight is 255 g/mol. The van der Waals surface area contributed by atoms with E-state index < -0.39 is 0 Å². The summed E-state index contributed by atoms with van der Waals surface area (Å²) in [4.78, 5) is 11.4. The Morgan fingerprint density at radius 3 is 3.07 bits per heavy atom. The molecule has 1 atom stereocenters. The van der Waals surface area contributed by atoms with Gasteiger partial charge in [0.25, 0.3) is 0 Å². The van der Waals surface area contributed by atoms with Gasteiger partial charge in [-0.05, 0) is 36.6 Å². The summed E-state index contributed by atoms with van der Waals surface area (Å²) in [5.41, 5.74) is 7.69. The molecule has 0 saturated heterocycles. The van der Waals surface area contributed by atoms with E-state index in [-0.39, 0.29) is 11.9 Å². The summed E-state index contributed by atoms with van der Waals surface area (Å²) in [5, 5.41) is 2.81. The van der Waals surface area contributed by atoms with Gasteiger partial charge in [-0.15, -0.1) is 0 Å². The number of carbonyl (C=O) groups excluding carboxylic acids is 1. The van der Waals surface area contributed by atoms with Gasteiger partial charge in [0.15, 0.2) is 0 Å². The minimum Gasteiger partial charge on any atom is -0.324 e. The summed E-state index contributed by atoms with van der Waals surface area (Å²) in [6.45, 7) is 0. The van der Waals surface area contributed by atoms with Crippen LogP contribution in [0.5, 0.6) is 0 Å². The van der Waals surface area contributed by atoms with Crippen LogP contribution in [0, 0.1) is 0 Å². The fourth-order valence-electron chi connectivity index (χ4n) is 1.56. The van der Waals surface area contributed by atoms with E-state index in [1.54, 1.807) is 0 Å². The second-order valence-electron chi connectivity index (χ2n) is 3.44. The van der Waals surface area contributed by atoms with E-state index in [0.717, 1.165) is 22.1 Å². The molecule has 0 fully saturated rings. The molecule has 0 bridgehead atoms. The SMILES string of the molecule is N[C@@H]1CCc2cc(Br)ccc2NC1=O. The van der Waals surface area contributed by atoms with Crippen molar-refractivity contribution < 1.29 is 4.79 Å². The summed E-state index contributed by atoms with van der Waals surface area (Å²) in [6, 6.07) is 5.44. The standard InChI is InChI=1S/C10H11BrN2O/c11-7-2-4-9-6(5-7)1-3-8(12)10(14)13-9/h2,4-5,8H,1,3,12H2,(H,13,14)/t8-/m1/s1. The molecule has 4 heteroatoms.